The van der Waals surface area contributed by atoms with E-state index in [1.165, 1.54) is 19.3 Å². The number of amides is 1. The molecule has 0 bridgehead atoms. The summed E-state index contributed by atoms with van der Waals surface area (Å²) >= 11 is 0. The molecule has 0 heterocycles. The maximum atomic E-state index is 12.0. The van der Waals surface area contributed by atoms with Crippen molar-refractivity contribution in [3.8, 4) is 0 Å². The predicted octanol–water partition coefficient (Wildman–Crippen LogP) is 3.02. The fraction of sp³-hybridized carbons (Fsp3) is 0.562. The van der Waals surface area contributed by atoms with E-state index in [4.69, 9.17) is 5.73 Å². The van der Waals surface area contributed by atoms with Crippen molar-refractivity contribution in [2.24, 2.45) is 11.7 Å². The third kappa shape index (κ3) is 5.43. The molecule has 0 aliphatic heterocycles. The van der Waals surface area contributed by atoms with E-state index in [0.29, 0.717) is 5.92 Å². The van der Waals surface area contributed by atoms with Gasteiger partial charge in [-0.2, -0.15) is 0 Å². The van der Waals surface area contributed by atoms with Crippen molar-refractivity contribution in [3.63, 3.8) is 0 Å². The summed E-state index contributed by atoms with van der Waals surface area (Å²) < 4.78 is 0. The highest BCUT2D eigenvalue weighted by Gasteiger charge is 2.16. The second-order valence-corrected chi connectivity index (χ2v) is 5.05. The second kappa shape index (κ2) is 8.70. The molecule has 3 heteroatoms. The highest BCUT2D eigenvalue weighted by molar-refractivity contribution is 5.82. The molecule has 1 unspecified atom stereocenters. The molecular formula is C16H26N2O. The molecule has 19 heavy (non-hydrogen) atoms. The van der Waals surface area contributed by atoms with Gasteiger partial charge in [0.25, 0.3) is 0 Å². The zero-order valence-corrected chi connectivity index (χ0v) is 12.1. The molecule has 0 spiro atoms. The quantitative estimate of drug-likeness (QED) is 0.756. The number of benzene rings is 1. The van der Waals surface area contributed by atoms with Crippen LogP contribution in [0.3, 0.4) is 0 Å². The monoisotopic (exact) mass is 262 g/mol. The van der Waals surface area contributed by atoms with Gasteiger partial charge in [0, 0.05) is 6.54 Å². The van der Waals surface area contributed by atoms with Crippen LogP contribution < -0.4 is 11.1 Å². The molecule has 0 saturated heterocycles. The highest BCUT2D eigenvalue weighted by Crippen LogP contribution is 2.13. The summed E-state index contributed by atoms with van der Waals surface area (Å²) in [5.41, 5.74) is 6.82. The van der Waals surface area contributed by atoms with Crippen molar-refractivity contribution in [1.82, 2.24) is 5.32 Å². The van der Waals surface area contributed by atoms with Crippen LogP contribution in [0.2, 0.25) is 0 Å². The topological polar surface area (TPSA) is 55.1 Å². The molecular weight excluding hydrogens is 236 g/mol. The first-order valence-electron chi connectivity index (χ1n) is 7.27. The zero-order chi connectivity index (χ0) is 14.1. The van der Waals surface area contributed by atoms with E-state index in [9.17, 15) is 4.79 Å². The van der Waals surface area contributed by atoms with Gasteiger partial charge < -0.3 is 11.1 Å². The number of nitrogens with one attached hydrogen (secondary N) is 1. The van der Waals surface area contributed by atoms with Crippen molar-refractivity contribution in [1.29, 1.82) is 0 Å². The van der Waals surface area contributed by atoms with Gasteiger partial charge in [-0.3, -0.25) is 4.79 Å². The molecule has 1 rings (SSSR count). The lowest BCUT2D eigenvalue weighted by atomic mass is 9.99. The van der Waals surface area contributed by atoms with Gasteiger partial charge in [0.2, 0.25) is 5.91 Å². The summed E-state index contributed by atoms with van der Waals surface area (Å²) in [6, 6.07) is 8.94. The van der Waals surface area contributed by atoms with Crippen molar-refractivity contribution < 1.29 is 4.79 Å². The van der Waals surface area contributed by atoms with Crippen LogP contribution in [-0.4, -0.2) is 12.5 Å². The number of unbranched alkanes of at least 4 members (excludes halogenated alkanes) is 1. The average Bonchev–Trinajstić information content (AvgIpc) is 2.47. The van der Waals surface area contributed by atoms with Crippen LogP contribution in [0.15, 0.2) is 30.3 Å². The Hall–Kier alpha value is -1.35. The van der Waals surface area contributed by atoms with Crippen LogP contribution in [0.25, 0.3) is 0 Å². The first kappa shape index (κ1) is 15.7. The van der Waals surface area contributed by atoms with Crippen molar-refractivity contribution in [2.45, 2.75) is 45.6 Å². The third-order valence-corrected chi connectivity index (χ3v) is 3.55. The smallest absolute Gasteiger partial charge is 0.241 e. The second-order valence-electron chi connectivity index (χ2n) is 5.05. The Bertz CT molecular complexity index is 364. The Kier molecular flexibility index (Phi) is 7.19. The summed E-state index contributed by atoms with van der Waals surface area (Å²) in [6.07, 6.45) is 4.70. The van der Waals surface area contributed by atoms with Gasteiger partial charge >= 0.3 is 0 Å². The molecule has 0 aromatic heterocycles. The molecule has 0 fully saturated rings. The largest absolute Gasteiger partial charge is 0.354 e. The van der Waals surface area contributed by atoms with E-state index in [2.05, 4.69) is 19.2 Å². The Morgan fingerprint density at radius 2 is 1.95 bits per heavy atom. The number of carbonyl (C=O) groups excluding carboxylic acids is 1. The SMILES string of the molecule is CCCCC(CC)CNC(=O)[C@@H](N)c1ccccc1. The van der Waals surface area contributed by atoms with Crippen molar-refractivity contribution >= 4 is 5.91 Å². The van der Waals surface area contributed by atoms with Gasteiger partial charge in [-0.15, -0.1) is 0 Å². The Morgan fingerprint density at radius 3 is 2.53 bits per heavy atom. The first-order chi connectivity index (χ1) is 9.19. The van der Waals surface area contributed by atoms with Crippen molar-refractivity contribution in [3.05, 3.63) is 35.9 Å². The van der Waals surface area contributed by atoms with Gasteiger partial charge in [-0.1, -0.05) is 63.4 Å². The molecule has 3 N–H and O–H groups in total. The van der Waals surface area contributed by atoms with E-state index in [-0.39, 0.29) is 5.91 Å². The van der Waals surface area contributed by atoms with Gasteiger partial charge in [0.05, 0.1) is 0 Å². The lowest BCUT2D eigenvalue weighted by molar-refractivity contribution is -0.122. The molecule has 0 aliphatic rings. The Balaban J connectivity index is 2.42. The number of carbonyl (C=O) groups is 1. The summed E-state index contributed by atoms with van der Waals surface area (Å²) in [5, 5.41) is 2.98. The third-order valence-electron chi connectivity index (χ3n) is 3.55. The standard InChI is InChI=1S/C16H26N2O/c1-3-5-9-13(4-2)12-18-16(19)15(17)14-10-7-6-8-11-14/h6-8,10-11,13,15H,3-5,9,12,17H2,1-2H3,(H,18,19)/t13?,15-/m0/s1. The summed E-state index contributed by atoms with van der Waals surface area (Å²) in [5.74, 6) is 0.480. The highest BCUT2D eigenvalue weighted by atomic mass is 16.2. The van der Waals surface area contributed by atoms with E-state index >= 15 is 0 Å². The molecule has 0 radical (unpaired) electrons. The Labute approximate surface area is 116 Å². The van der Waals surface area contributed by atoms with Crippen LogP contribution in [0.4, 0.5) is 0 Å². The van der Waals surface area contributed by atoms with Gasteiger partial charge in [-0.05, 0) is 17.9 Å². The summed E-state index contributed by atoms with van der Waals surface area (Å²) in [6.45, 7) is 5.09. The van der Waals surface area contributed by atoms with Crippen LogP contribution in [0.1, 0.15) is 51.1 Å². The zero-order valence-electron chi connectivity index (χ0n) is 12.1. The molecule has 2 atom stereocenters. The fourth-order valence-electron chi connectivity index (χ4n) is 2.11. The van der Waals surface area contributed by atoms with Gasteiger partial charge in [0.15, 0.2) is 0 Å². The van der Waals surface area contributed by atoms with Crippen LogP contribution >= 0.6 is 0 Å². The van der Waals surface area contributed by atoms with E-state index < -0.39 is 6.04 Å². The first-order valence-corrected chi connectivity index (χ1v) is 7.27. The Morgan fingerprint density at radius 1 is 1.26 bits per heavy atom. The number of hydrogen-bond acceptors (Lipinski definition) is 2. The van der Waals surface area contributed by atoms with Crippen LogP contribution in [0, 0.1) is 5.92 Å². The predicted molar refractivity (Wildman–Crippen MR) is 79.7 cm³/mol. The minimum absolute atomic E-state index is 0.0823. The number of hydrogen-bond donors (Lipinski definition) is 2. The normalized spacial score (nSPS) is 13.8. The van der Waals surface area contributed by atoms with Crippen LogP contribution in [-0.2, 0) is 4.79 Å². The van der Waals surface area contributed by atoms with Crippen LogP contribution in [0.5, 0.6) is 0 Å². The summed E-state index contributed by atoms with van der Waals surface area (Å²) in [7, 11) is 0. The lowest BCUT2D eigenvalue weighted by Crippen LogP contribution is -2.36. The van der Waals surface area contributed by atoms with Gasteiger partial charge in [-0.25, -0.2) is 0 Å². The maximum absolute atomic E-state index is 12.0. The maximum Gasteiger partial charge on any atom is 0.241 e. The molecule has 0 saturated carbocycles. The number of nitrogens with two attached hydrogens (primary N) is 1. The number of rotatable bonds is 8. The fourth-order valence-corrected chi connectivity index (χ4v) is 2.11. The molecule has 0 aliphatic carbocycles. The molecule has 1 amide bonds. The van der Waals surface area contributed by atoms with Gasteiger partial charge in [0.1, 0.15) is 6.04 Å². The van der Waals surface area contributed by atoms with E-state index in [1.54, 1.807) is 0 Å². The average molecular weight is 262 g/mol. The molecule has 1 aromatic carbocycles. The minimum Gasteiger partial charge on any atom is -0.354 e. The lowest BCUT2D eigenvalue weighted by Gasteiger charge is -2.17. The molecule has 1 aromatic rings. The minimum atomic E-state index is -0.565. The molecule has 106 valence electrons. The van der Waals surface area contributed by atoms with E-state index in [0.717, 1.165) is 18.5 Å². The summed E-state index contributed by atoms with van der Waals surface area (Å²) in [4.78, 5) is 12.0. The van der Waals surface area contributed by atoms with Crippen molar-refractivity contribution in [2.75, 3.05) is 6.54 Å². The molecule has 3 nitrogen and oxygen atoms in total. The van der Waals surface area contributed by atoms with E-state index in [1.807, 2.05) is 30.3 Å².